The van der Waals surface area contributed by atoms with E-state index in [4.69, 9.17) is 9.84 Å². The van der Waals surface area contributed by atoms with Crippen LogP contribution in [0.5, 0.6) is 0 Å². The van der Waals surface area contributed by atoms with Gasteiger partial charge < -0.3 is 14.9 Å². The zero-order valence-corrected chi connectivity index (χ0v) is 15.8. The molecule has 0 saturated heterocycles. The summed E-state index contributed by atoms with van der Waals surface area (Å²) in [4.78, 5) is 0. The molecule has 0 aliphatic carbocycles. The van der Waals surface area contributed by atoms with Crippen LogP contribution in [0.25, 0.3) is 0 Å². The quantitative estimate of drug-likeness (QED) is 0.338. The summed E-state index contributed by atoms with van der Waals surface area (Å²) in [5.74, 6) is 0. The standard InChI is InChI=1S/C20H42O3/c1-3-4-5-6-7-8-9-10-11-12-13-14-15-16-17-23-19(2)20(22)18-21/h19-22H,3-18H2,1-2H3. The van der Waals surface area contributed by atoms with Gasteiger partial charge in [-0.1, -0.05) is 90.4 Å². The van der Waals surface area contributed by atoms with Gasteiger partial charge in [-0.05, 0) is 13.3 Å². The lowest BCUT2D eigenvalue weighted by molar-refractivity contribution is -0.0490. The number of ether oxygens (including phenoxy) is 1. The minimum Gasteiger partial charge on any atom is -0.394 e. The first-order chi connectivity index (χ1) is 11.2. The third kappa shape index (κ3) is 16.5. The van der Waals surface area contributed by atoms with Gasteiger partial charge in [0.1, 0.15) is 6.10 Å². The lowest BCUT2D eigenvalue weighted by Gasteiger charge is -2.17. The van der Waals surface area contributed by atoms with E-state index in [0.29, 0.717) is 6.61 Å². The minimum atomic E-state index is -0.748. The summed E-state index contributed by atoms with van der Waals surface area (Å²) in [5, 5.41) is 18.2. The Balaban J connectivity index is 3.08. The van der Waals surface area contributed by atoms with Crippen LogP contribution in [0.15, 0.2) is 0 Å². The fourth-order valence-electron chi connectivity index (χ4n) is 2.83. The van der Waals surface area contributed by atoms with Crippen molar-refractivity contribution in [2.75, 3.05) is 13.2 Å². The molecule has 2 N–H and O–H groups in total. The molecule has 0 aliphatic rings. The van der Waals surface area contributed by atoms with Gasteiger partial charge in [-0.3, -0.25) is 0 Å². The highest BCUT2D eigenvalue weighted by Crippen LogP contribution is 2.13. The van der Waals surface area contributed by atoms with E-state index in [9.17, 15) is 5.11 Å². The Morgan fingerprint density at radius 3 is 1.48 bits per heavy atom. The number of hydrogen-bond donors (Lipinski definition) is 2. The van der Waals surface area contributed by atoms with Crippen molar-refractivity contribution in [3.63, 3.8) is 0 Å². The van der Waals surface area contributed by atoms with Crippen LogP contribution in [0.2, 0.25) is 0 Å². The third-order valence-corrected chi connectivity index (χ3v) is 4.61. The van der Waals surface area contributed by atoms with Gasteiger partial charge in [-0.15, -0.1) is 0 Å². The molecule has 3 heteroatoms. The van der Waals surface area contributed by atoms with E-state index in [0.717, 1.165) is 6.42 Å². The Morgan fingerprint density at radius 1 is 0.696 bits per heavy atom. The lowest BCUT2D eigenvalue weighted by atomic mass is 10.0. The first kappa shape index (κ1) is 22.9. The molecule has 0 aromatic carbocycles. The highest BCUT2D eigenvalue weighted by atomic mass is 16.5. The largest absolute Gasteiger partial charge is 0.394 e. The normalized spacial score (nSPS) is 14.1. The van der Waals surface area contributed by atoms with Gasteiger partial charge in [0.15, 0.2) is 0 Å². The number of aliphatic hydroxyl groups is 2. The van der Waals surface area contributed by atoms with E-state index in [-0.39, 0.29) is 12.7 Å². The first-order valence-electron chi connectivity index (χ1n) is 10.1. The second-order valence-corrected chi connectivity index (χ2v) is 6.92. The summed E-state index contributed by atoms with van der Waals surface area (Å²) in [6, 6.07) is 0. The summed E-state index contributed by atoms with van der Waals surface area (Å²) in [5.41, 5.74) is 0. The van der Waals surface area contributed by atoms with Crippen molar-refractivity contribution in [1.82, 2.24) is 0 Å². The molecule has 0 rings (SSSR count). The number of aliphatic hydroxyl groups excluding tert-OH is 2. The second kappa shape index (κ2) is 18.2. The Bertz CT molecular complexity index is 221. The average molecular weight is 331 g/mol. The summed E-state index contributed by atoms with van der Waals surface area (Å²) in [6.07, 6.45) is 18.0. The molecule has 0 heterocycles. The van der Waals surface area contributed by atoms with Crippen molar-refractivity contribution in [2.24, 2.45) is 0 Å². The maximum Gasteiger partial charge on any atom is 0.103 e. The smallest absolute Gasteiger partial charge is 0.103 e. The summed E-state index contributed by atoms with van der Waals surface area (Å²) < 4.78 is 5.49. The molecule has 2 atom stereocenters. The maximum absolute atomic E-state index is 9.37. The Morgan fingerprint density at radius 2 is 1.09 bits per heavy atom. The number of hydrogen-bond acceptors (Lipinski definition) is 3. The minimum absolute atomic E-state index is 0.222. The lowest BCUT2D eigenvalue weighted by Crippen LogP contribution is -2.29. The van der Waals surface area contributed by atoms with E-state index < -0.39 is 6.10 Å². The maximum atomic E-state index is 9.37. The van der Waals surface area contributed by atoms with Gasteiger partial charge in [0.2, 0.25) is 0 Å². The molecular formula is C20H42O3. The van der Waals surface area contributed by atoms with Crippen molar-refractivity contribution in [1.29, 1.82) is 0 Å². The van der Waals surface area contributed by atoms with Crippen LogP contribution < -0.4 is 0 Å². The van der Waals surface area contributed by atoms with Crippen molar-refractivity contribution in [2.45, 2.75) is 116 Å². The van der Waals surface area contributed by atoms with Crippen LogP contribution in [-0.2, 0) is 4.74 Å². The molecule has 0 bridgehead atoms. The van der Waals surface area contributed by atoms with Crippen molar-refractivity contribution >= 4 is 0 Å². The average Bonchev–Trinajstić information content (AvgIpc) is 2.57. The monoisotopic (exact) mass is 330 g/mol. The Labute approximate surface area is 144 Å². The van der Waals surface area contributed by atoms with Crippen molar-refractivity contribution < 1.29 is 14.9 Å². The van der Waals surface area contributed by atoms with Gasteiger partial charge in [-0.25, -0.2) is 0 Å². The van der Waals surface area contributed by atoms with Gasteiger partial charge in [0, 0.05) is 6.61 Å². The molecule has 0 aliphatic heterocycles. The molecule has 140 valence electrons. The first-order valence-corrected chi connectivity index (χ1v) is 10.1. The molecular weight excluding hydrogens is 288 g/mol. The summed E-state index contributed by atoms with van der Waals surface area (Å²) >= 11 is 0. The summed E-state index contributed by atoms with van der Waals surface area (Å²) in [7, 11) is 0. The number of rotatable bonds is 18. The van der Waals surface area contributed by atoms with Gasteiger partial charge in [0.05, 0.1) is 12.7 Å². The molecule has 3 nitrogen and oxygen atoms in total. The van der Waals surface area contributed by atoms with Crippen molar-refractivity contribution in [3.8, 4) is 0 Å². The molecule has 0 spiro atoms. The van der Waals surface area contributed by atoms with Crippen LogP contribution in [0.3, 0.4) is 0 Å². The van der Waals surface area contributed by atoms with Crippen LogP contribution in [-0.4, -0.2) is 35.6 Å². The van der Waals surface area contributed by atoms with Gasteiger partial charge >= 0.3 is 0 Å². The van der Waals surface area contributed by atoms with E-state index in [1.165, 1.54) is 83.5 Å². The predicted molar refractivity (Wildman–Crippen MR) is 98.8 cm³/mol. The summed E-state index contributed by atoms with van der Waals surface area (Å²) in [6.45, 7) is 4.55. The molecule has 0 saturated carbocycles. The molecule has 2 unspecified atom stereocenters. The van der Waals surface area contributed by atoms with E-state index in [1.54, 1.807) is 0 Å². The van der Waals surface area contributed by atoms with Gasteiger partial charge in [-0.2, -0.15) is 0 Å². The molecule has 0 radical (unpaired) electrons. The van der Waals surface area contributed by atoms with Crippen LogP contribution >= 0.6 is 0 Å². The predicted octanol–water partition coefficient (Wildman–Crippen LogP) is 5.23. The van der Waals surface area contributed by atoms with Crippen LogP contribution in [0.1, 0.15) is 104 Å². The van der Waals surface area contributed by atoms with E-state index in [2.05, 4.69) is 6.92 Å². The molecule has 0 fully saturated rings. The molecule has 0 aromatic rings. The van der Waals surface area contributed by atoms with Crippen molar-refractivity contribution in [3.05, 3.63) is 0 Å². The fraction of sp³-hybridized carbons (Fsp3) is 1.00. The number of unbranched alkanes of at least 4 members (excludes halogenated alkanes) is 13. The highest BCUT2D eigenvalue weighted by Gasteiger charge is 2.12. The third-order valence-electron chi connectivity index (χ3n) is 4.61. The zero-order chi connectivity index (χ0) is 17.2. The molecule has 0 amide bonds. The van der Waals surface area contributed by atoms with Gasteiger partial charge in [0.25, 0.3) is 0 Å². The SMILES string of the molecule is CCCCCCCCCCCCCCCCOC(C)C(O)CO. The fourth-order valence-corrected chi connectivity index (χ4v) is 2.83. The topological polar surface area (TPSA) is 49.7 Å². The Hall–Kier alpha value is -0.120. The molecule has 23 heavy (non-hydrogen) atoms. The zero-order valence-electron chi connectivity index (χ0n) is 15.8. The molecule has 0 aromatic heterocycles. The second-order valence-electron chi connectivity index (χ2n) is 6.92. The van der Waals surface area contributed by atoms with Crippen LogP contribution in [0.4, 0.5) is 0 Å². The van der Waals surface area contributed by atoms with E-state index in [1.807, 2.05) is 6.92 Å². The highest BCUT2D eigenvalue weighted by molar-refractivity contribution is 4.61. The van der Waals surface area contributed by atoms with Crippen LogP contribution in [0, 0.1) is 0 Å². The Kier molecular flexibility index (Phi) is 18.1. The van der Waals surface area contributed by atoms with E-state index >= 15 is 0 Å².